The molecule has 1 aromatic carbocycles. The van der Waals surface area contributed by atoms with Crippen molar-refractivity contribution in [3.63, 3.8) is 0 Å². The van der Waals surface area contributed by atoms with Crippen molar-refractivity contribution in [2.45, 2.75) is 38.1 Å². The summed E-state index contributed by atoms with van der Waals surface area (Å²) >= 11 is 0. The van der Waals surface area contributed by atoms with Crippen LogP contribution < -0.4 is 0 Å². The molecular formula is C20H24O2Si. The van der Waals surface area contributed by atoms with E-state index in [0.717, 1.165) is 6.42 Å². The molecule has 2 nitrogen and oxygen atoms in total. The first-order chi connectivity index (χ1) is 11.1. The zero-order chi connectivity index (χ0) is 15.9. The van der Waals surface area contributed by atoms with Crippen molar-refractivity contribution in [2.24, 2.45) is 11.8 Å². The smallest absolute Gasteiger partial charge is 0.332 e. The third kappa shape index (κ3) is 3.01. The summed E-state index contributed by atoms with van der Waals surface area (Å²) in [6, 6.07) is 8.46. The quantitative estimate of drug-likeness (QED) is 0.725. The van der Waals surface area contributed by atoms with Gasteiger partial charge in [-0.2, -0.15) is 0 Å². The second-order valence-corrected chi connectivity index (χ2v) is 10.4. The highest BCUT2D eigenvalue weighted by Crippen LogP contribution is 2.40. The van der Waals surface area contributed by atoms with Gasteiger partial charge in [-0.15, -0.1) is 0 Å². The van der Waals surface area contributed by atoms with Gasteiger partial charge in [0.1, 0.15) is 0 Å². The van der Waals surface area contributed by atoms with Crippen LogP contribution in [0.2, 0.25) is 13.1 Å². The lowest BCUT2D eigenvalue weighted by atomic mass is 9.91. The molecule has 0 amide bonds. The highest BCUT2D eigenvalue weighted by atomic mass is 28.4. The Kier molecular flexibility index (Phi) is 3.88. The molecule has 4 atom stereocenters. The molecule has 0 aliphatic heterocycles. The summed E-state index contributed by atoms with van der Waals surface area (Å²) < 4.78 is 13.0. The van der Waals surface area contributed by atoms with Gasteiger partial charge in [0, 0.05) is 5.92 Å². The molecule has 4 unspecified atom stereocenters. The van der Waals surface area contributed by atoms with Crippen molar-refractivity contribution in [1.82, 2.24) is 0 Å². The monoisotopic (exact) mass is 324 g/mol. The van der Waals surface area contributed by atoms with Crippen molar-refractivity contribution in [1.29, 1.82) is 0 Å². The van der Waals surface area contributed by atoms with E-state index in [1.54, 1.807) is 0 Å². The number of fused-ring (bicyclic) bond motifs is 2. The molecule has 0 N–H and O–H groups in total. The fourth-order valence-electron chi connectivity index (χ4n) is 4.06. The fraction of sp³-hybridized carbons (Fsp3) is 0.400. The zero-order valence-electron chi connectivity index (χ0n) is 13.8. The number of hydrogen-bond acceptors (Lipinski definition) is 2. The van der Waals surface area contributed by atoms with Crippen LogP contribution in [-0.2, 0) is 8.85 Å². The highest BCUT2D eigenvalue weighted by Gasteiger charge is 2.40. The Morgan fingerprint density at radius 2 is 1.78 bits per heavy atom. The van der Waals surface area contributed by atoms with Crippen molar-refractivity contribution < 1.29 is 8.85 Å². The topological polar surface area (TPSA) is 18.5 Å². The van der Waals surface area contributed by atoms with E-state index in [2.05, 4.69) is 73.8 Å². The van der Waals surface area contributed by atoms with Gasteiger partial charge in [0.05, 0.1) is 12.2 Å². The Hall–Kier alpha value is -1.42. The first kappa shape index (κ1) is 15.1. The van der Waals surface area contributed by atoms with Gasteiger partial charge < -0.3 is 8.85 Å². The van der Waals surface area contributed by atoms with Crippen molar-refractivity contribution in [3.8, 4) is 0 Å². The number of hydrogen-bond donors (Lipinski definition) is 0. The Labute approximate surface area is 139 Å². The van der Waals surface area contributed by atoms with Crippen LogP contribution in [0.25, 0.3) is 6.08 Å². The average Bonchev–Trinajstić information content (AvgIpc) is 3.12. The minimum absolute atomic E-state index is 0.0480. The molecule has 120 valence electrons. The SMILES string of the molecule is C[Si](C)(OC1C=Cc2ccccc21)OC1CCC2C=CC=CC21. The molecule has 3 aliphatic rings. The van der Waals surface area contributed by atoms with Crippen LogP contribution in [0.3, 0.4) is 0 Å². The molecule has 3 heteroatoms. The molecule has 4 rings (SSSR count). The maximum atomic E-state index is 6.54. The highest BCUT2D eigenvalue weighted by molar-refractivity contribution is 6.64. The van der Waals surface area contributed by atoms with Gasteiger partial charge in [-0.3, -0.25) is 0 Å². The number of benzene rings is 1. The molecule has 0 bridgehead atoms. The minimum Gasteiger partial charge on any atom is -0.391 e. The van der Waals surface area contributed by atoms with E-state index in [4.69, 9.17) is 8.85 Å². The molecule has 1 fully saturated rings. The summed E-state index contributed by atoms with van der Waals surface area (Å²) in [7, 11) is -2.19. The zero-order valence-corrected chi connectivity index (χ0v) is 14.8. The van der Waals surface area contributed by atoms with Crippen LogP contribution in [0.1, 0.15) is 30.1 Å². The van der Waals surface area contributed by atoms with Gasteiger partial charge in [-0.05, 0) is 43.0 Å². The Morgan fingerprint density at radius 1 is 0.957 bits per heavy atom. The third-order valence-corrected chi connectivity index (χ3v) is 6.80. The summed E-state index contributed by atoms with van der Waals surface area (Å²) in [6.07, 6.45) is 16.0. The van der Waals surface area contributed by atoms with Gasteiger partial charge in [0.15, 0.2) is 0 Å². The summed E-state index contributed by atoms with van der Waals surface area (Å²) in [5.41, 5.74) is 2.53. The van der Waals surface area contributed by atoms with Crippen molar-refractivity contribution in [2.75, 3.05) is 0 Å². The Balaban J connectivity index is 1.44. The first-order valence-corrected chi connectivity index (χ1v) is 11.4. The lowest BCUT2D eigenvalue weighted by Crippen LogP contribution is -2.41. The normalized spacial score (nSPS) is 31.4. The summed E-state index contributed by atoms with van der Waals surface area (Å²) in [6.45, 7) is 4.36. The van der Waals surface area contributed by atoms with Gasteiger partial charge in [0.2, 0.25) is 0 Å². The summed E-state index contributed by atoms with van der Waals surface area (Å²) in [5.74, 6) is 1.18. The van der Waals surface area contributed by atoms with E-state index in [-0.39, 0.29) is 6.10 Å². The fourth-order valence-corrected chi connectivity index (χ4v) is 5.94. The van der Waals surface area contributed by atoms with Gasteiger partial charge in [0.25, 0.3) is 0 Å². The second kappa shape index (κ2) is 5.89. The molecule has 0 radical (unpaired) electrons. The van der Waals surface area contributed by atoms with Crippen LogP contribution in [-0.4, -0.2) is 14.7 Å². The molecule has 3 aliphatic carbocycles. The average molecular weight is 324 g/mol. The van der Waals surface area contributed by atoms with Crippen LogP contribution in [0, 0.1) is 11.8 Å². The molecule has 1 aromatic rings. The standard InChI is InChI=1S/C20H24O2Si/c1-23(2,21-19-13-11-15-7-3-5-9-17(15)19)22-20-14-12-16-8-4-6-10-18(16)20/h3-11,13,16,18-20H,12,14H2,1-2H3. The molecular weight excluding hydrogens is 300 g/mol. The molecule has 23 heavy (non-hydrogen) atoms. The molecule has 0 heterocycles. The lowest BCUT2D eigenvalue weighted by molar-refractivity contribution is 0.0876. The van der Waals surface area contributed by atoms with E-state index in [9.17, 15) is 0 Å². The van der Waals surface area contributed by atoms with Gasteiger partial charge in [-0.25, -0.2) is 0 Å². The van der Waals surface area contributed by atoms with E-state index in [0.29, 0.717) is 17.9 Å². The van der Waals surface area contributed by atoms with Crippen LogP contribution >= 0.6 is 0 Å². The van der Waals surface area contributed by atoms with Crippen LogP contribution in [0.4, 0.5) is 0 Å². The van der Waals surface area contributed by atoms with Crippen molar-refractivity contribution in [3.05, 3.63) is 65.8 Å². The largest absolute Gasteiger partial charge is 0.391 e. The van der Waals surface area contributed by atoms with E-state index < -0.39 is 8.56 Å². The third-order valence-electron chi connectivity index (χ3n) is 5.11. The maximum absolute atomic E-state index is 6.54. The first-order valence-electron chi connectivity index (χ1n) is 8.60. The van der Waals surface area contributed by atoms with E-state index >= 15 is 0 Å². The van der Waals surface area contributed by atoms with E-state index in [1.165, 1.54) is 17.5 Å². The Morgan fingerprint density at radius 3 is 2.70 bits per heavy atom. The molecule has 0 aromatic heterocycles. The van der Waals surface area contributed by atoms with Crippen molar-refractivity contribution >= 4 is 14.6 Å². The van der Waals surface area contributed by atoms with Gasteiger partial charge >= 0.3 is 8.56 Å². The maximum Gasteiger partial charge on any atom is 0.332 e. The summed E-state index contributed by atoms with van der Waals surface area (Å²) in [5, 5.41) is 0. The van der Waals surface area contributed by atoms with E-state index in [1.807, 2.05) is 0 Å². The van der Waals surface area contributed by atoms with Gasteiger partial charge in [-0.1, -0.05) is 60.7 Å². The minimum atomic E-state index is -2.19. The lowest BCUT2D eigenvalue weighted by Gasteiger charge is -2.32. The van der Waals surface area contributed by atoms with Crippen LogP contribution in [0.15, 0.2) is 54.6 Å². The number of allylic oxidation sites excluding steroid dienone is 3. The predicted molar refractivity (Wildman–Crippen MR) is 96.2 cm³/mol. The Bertz CT molecular complexity index is 674. The summed E-state index contributed by atoms with van der Waals surface area (Å²) in [4.78, 5) is 0. The predicted octanol–water partition coefficient (Wildman–Crippen LogP) is 5.01. The molecule has 1 saturated carbocycles. The second-order valence-electron chi connectivity index (χ2n) is 7.17. The molecule has 0 saturated heterocycles. The van der Waals surface area contributed by atoms with Crippen LogP contribution in [0.5, 0.6) is 0 Å². The molecule has 0 spiro atoms. The number of rotatable bonds is 4.